The quantitative estimate of drug-likeness (QED) is 0.571. The Morgan fingerprint density at radius 3 is 2.64 bits per heavy atom. The van der Waals surface area contributed by atoms with Gasteiger partial charge in [0.2, 0.25) is 5.91 Å². The number of benzene rings is 2. The van der Waals surface area contributed by atoms with Gasteiger partial charge in [0.15, 0.2) is 5.82 Å². The van der Waals surface area contributed by atoms with Crippen molar-refractivity contribution < 1.29 is 4.79 Å². The van der Waals surface area contributed by atoms with E-state index in [9.17, 15) is 9.59 Å². The van der Waals surface area contributed by atoms with Gasteiger partial charge in [-0.05, 0) is 32.0 Å². The summed E-state index contributed by atoms with van der Waals surface area (Å²) >= 11 is 0. The van der Waals surface area contributed by atoms with E-state index >= 15 is 0 Å². The van der Waals surface area contributed by atoms with Gasteiger partial charge in [0.1, 0.15) is 12.4 Å². The van der Waals surface area contributed by atoms with E-state index in [0.717, 1.165) is 10.9 Å². The third kappa shape index (κ3) is 3.39. The molecule has 1 amide bonds. The summed E-state index contributed by atoms with van der Waals surface area (Å²) in [5.41, 5.74) is 1.78. The van der Waals surface area contributed by atoms with Crippen LogP contribution in [0.2, 0.25) is 0 Å². The molecule has 8 heteroatoms. The maximum absolute atomic E-state index is 12.6. The number of amides is 1. The van der Waals surface area contributed by atoms with Gasteiger partial charge >= 0.3 is 0 Å². The Hall–Kier alpha value is -3.81. The number of H-pyrrole nitrogens is 1. The smallest absolute Gasteiger partial charge is 0.275 e. The number of anilines is 1. The molecule has 4 aromatic rings. The van der Waals surface area contributed by atoms with Gasteiger partial charge < -0.3 is 5.32 Å². The summed E-state index contributed by atoms with van der Waals surface area (Å²) in [5, 5.41) is 15.3. The van der Waals surface area contributed by atoms with Crippen LogP contribution in [0.5, 0.6) is 0 Å². The predicted molar refractivity (Wildman–Crippen MR) is 106 cm³/mol. The first-order valence-corrected chi connectivity index (χ1v) is 8.77. The van der Waals surface area contributed by atoms with Crippen molar-refractivity contribution in [2.24, 2.45) is 0 Å². The van der Waals surface area contributed by atoms with Gasteiger partial charge in [-0.25, -0.2) is 9.67 Å². The highest BCUT2D eigenvalue weighted by Crippen LogP contribution is 2.19. The molecule has 0 bridgehead atoms. The lowest BCUT2D eigenvalue weighted by Gasteiger charge is -2.10. The molecular formula is C20H18N6O2. The third-order valence-electron chi connectivity index (χ3n) is 4.35. The molecule has 0 unspecified atom stereocenters. The standard InChI is InChI=1S/C20H18N6O2/c1-12-16-8-3-4-9-17(16)20(28)26(25-12)11-18(27)22-15-7-5-6-14(10-15)19-21-13(2)23-24-19/h3-10H,11H2,1-2H3,(H,22,27)(H,21,23,24). The monoisotopic (exact) mass is 374 g/mol. The van der Waals surface area contributed by atoms with Crippen LogP contribution in [-0.4, -0.2) is 30.9 Å². The fourth-order valence-corrected chi connectivity index (χ4v) is 3.06. The first-order valence-electron chi connectivity index (χ1n) is 8.77. The van der Waals surface area contributed by atoms with E-state index in [2.05, 4.69) is 25.6 Å². The lowest BCUT2D eigenvalue weighted by Crippen LogP contribution is -2.30. The molecule has 0 spiro atoms. The van der Waals surface area contributed by atoms with E-state index in [1.54, 1.807) is 30.3 Å². The number of carbonyl (C=O) groups excluding carboxylic acids is 1. The van der Waals surface area contributed by atoms with E-state index in [4.69, 9.17) is 0 Å². The number of hydrogen-bond acceptors (Lipinski definition) is 5. The second kappa shape index (κ2) is 7.07. The molecule has 0 saturated carbocycles. The SMILES string of the molecule is Cc1nc(-c2cccc(NC(=O)Cn3nc(C)c4ccccc4c3=O)c2)n[nH]1. The number of rotatable bonds is 4. The van der Waals surface area contributed by atoms with E-state index in [1.807, 2.05) is 32.0 Å². The fraction of sp³-hybridized carbons (Fsp3) is 0.150. The Kier molecular flexibility index (Phi) is 4.44. The van der Waals surface area contributed by atoms with Crippen LogP contribution in [0.1, 0.15) is 11.5 Å². The molecule has 0 aliphatic rings. The molecule has 2 heterocycles. The Morgan fingerprint density at radius 2 is 1.89 bits per heavy atom. The summed E-state index contributed by atoms with van der Waals surface area (Å²) < 4.78 is 1.19. The number of nitrogens with one attached hydrogen (secondary N) is 2. The van der Waals surface area contributed by atoms with E-state index in [1.165, 1.54) is 4.68 Å². The van der Waals surface area contributed by atoms with E-state index < -0.39 is 0 Å². The lowest BCUT2D eigenvalue weighted by atomic mass is 10.1. The van der Waals surface area contributed by atoms with Crippen LogP contribution in [0.3, 0.4) is 0 Å². The fourth-order valence-electron chi connectivity index (χ4n) is 3.06. The van der Waals surface area contributed by atoms with Crippen LogP contribution in [-0.2, 0) is 11.3 Å². The zero-order chi connectivity index (χ0) is 19.7. The molecule has 2 aromatic carbocycles. The molecule has 4 rings (SSSR count). The van der Waals surface area contributed by atoms with E-state index in [-0.39, 0.29) is 18.0 Å². The highest BCUT2D eigenvalue weighted by atomic mass is 16.2. The molecule has 0 radical (unpaired) electrons. The van der Waals surface area contributed by atoms with Crippen molar-refractivity contribution >= 4 is 22.4 Å². The molecule has 0 atom stereocenters. The maximum Gasteiger partial charge on any atom is 0.275 e. The Morgan fingerprint density at radius 1 is 1.11 bits per heavy atom. The van der Waals surface area contributed by atoms with Crippen molar-refractivity contribution in [3.05, 3.63) is 70.4 Å². The van der Waals surface area contributed by atoms with Gasteiger partial charge in [0.25, 0.3) is 5.56 Å². The van der Waals surface area contributed by atoms with Crippen molar-refractivity contribution in [2.75, 3.05) is 5.32 Å². The average Bonchev–Trinajstić information content (AvgIpc) is 3.12. The van der Waals surface area contributed by atoms with Gasteiger partial charge in [-0.1, -0.05) is 30.3 Å². The third-order valence-corrected chi connectivity index (χ3v) is 4.35. The summed E-state index contributed by atoms with van der Waals surface area (Å²) in [6, 6.07) is 14.5. The molecule has 0 aliphatic heterocycles. The number of hydrogen-bond donors (Lipinski definition) is 2. The number of nitrogens with zero attached hydrogens (tertiary/aromatic N) is 4. The second-order valence-corrected chi connectivity index (χ2v) is 6.47. The Balaban J connectivity index is 1.56. The molecule has 8 nitrogen and oxygen atoms in total. The number of aryl methyl sites for hydroxylation is 2. The summed E-state index contributed by atoms with van der Waals surface area (Å²) in [6.45, 7) is 3.46. The molecule has 2 N–H and O–H groups in total. The summed E-state index contributed by atoms with van der Waals surface area (Å²) in [5.74, 6) is 0.922. The number of carbonyl (C=O) groups is 1. The molecule has 0 saturated heterocycles. The average molecular weight is 374 g/mol. The predicted octanol–water partition coefficient (Wildman–Crippen LogP) is 2.44. The molecular weight excluding hydrogens is 356 g/mol. The number of aromatic amines is 1. The number of aromatic nitrogens is 5. The van der Waals surface area contributed by atoms with Crippen LogP contribution < -0.4 is 10.9 Å². The first-order chi connectivity index (χ1) is 13.5. The van der Waals surface area contributed by atoms with Gasteiger partial charge in [-0.3, -0.25) is 14.7 Å². The minimum atomic E-state index is -0.340. The van der Waals surface area contributed by atoms with Crippen molar-refractivity contribution in [1.82, 2.24) is 25.0 Å². The first kappa shape index (κ1) is 17.6. The number of fused-ring (bicyclic) bond motifs is 1. The zero-order valence-corrected chi connectivity index (χ0v) is 15.4. The summed E-state index contributed by atoms with van der Waals surface area (Å²) in [4.78, 5) is 29.4. The highest BCUT2D eigenvalue weighted by molar-refractivity contribution is 5.91. The van der Waals surface area contributed by atoms with Gasteiger partial charge in [0.05, 0.1) is 11.1 Å². The summed E-state index contributed by atoms with van der Waals surface area (Å²) in [7, 11) is 0. The van der Waals surface area contributed by atoms with Crippen LogP contribution >= 0.6 is 0 Å². The molecule has 0 fully saturated rings. The lowest BCUT2D eigenvalue weighted by molar-refractivity contribution is -0.117. The molecule has 28 heavy (non-hydrogen) atoms. The minimum absolute atomic E-state index is 0.172. The minimum Gasteiger partial charge on any atom is -0.324 e. The normalized spacial score (nSPS) is 10.9. The largest absolute Gasteiger partial charge is 0.324 e. The van der Waals surface area contributed by atoms with Gasteiger partial charge in [0, 0.05) is 16.6 Å². The topological polar surface area (TPSA) is 106 Å². The van der Waals surface area contributed by atoms with Gasteiger partial charge in [-0.2, -0.15) is 10.2 Å². The summed E-state index contributed by atoms with van der Waals surface area (Å²) in [6.07, 6.45) is 0. The van der Waals surface area contributed by atoms with E-state index in [0.29, 0.717) is 28.4 Å². The van der Waals surface area contributed by atoms with Crippen molar-refractivity contribution in [2.45, 2.75) is 20.4 Å². The Bertz CT molecular complexity index is 1240. The zero-order valence-electron chi connectivity index (χ0n) is 15.4. The molecule has 140 valence electrons. The second-order valence-electron chi connectivity index (χ2n) is 6.47. The van der Waals surface area contributed by atoms with Crippen LogP contribution in [0, 0.1) is 13.8 Å². The van der Waals surface area contributed by atoms with Crippen molar-refractivity contribution in [3.8, 4) is 11.4 Å². The maximum atomic E-state index is 12.6. The highest BCUT2D eigenvalue weighted by Gasteiger charge is 2.12. The van der Waals surface area contributed by atoms with Crippen LogP contribution in [0.15, 0.2) is 53.3 Å². The van der Waals surface area contributed by atoms with Crippen molar-refractivity contribution in [3.63, 3.8) is 0 Å². The molecule has 2 aromatic heterocycles. The molecule has 0 aliphatic carbocycles. The van der Waals surface area contributed by atoms with Gasteiger partial charge in [-0.15, -0.1) is 0 Å². The van der Waals surface area contributed by atoms with Crippen molar-refractivity contribution in [1.29, 1.82) is 0 Å². The Labute approximate surface area is 160 Å². The van der Waals surface area contributed by atoms with Crippen LogP contribution in [0.25, 0.3) is 22.2 Å². The van der Waals surface area contributed by atoms with Crippen LogP contribution in [0.4, 0.5) is 5.69 Å².